The van der Waals surface area contributed by atoms with Gasteiger partial charge in [-0.1, -0.05) is 39.3 Å². The van der Waals surface area contributed by atoms with Crippen LogP contribution in [0, 0.1) is 34.0 Å². The first-order chi connectivity index (χ1) is 9.80. The number of aliphatic hydroxyl groups is 1. The number of hydrogen-bond acceptors (Lipinski definition) is 1. The maximum absolute atomic E-state index is 11.1. The van der Waals surface area contributed by atoms with Gasteiger partial charge in [-0.15, -0.1) is 0 Å². The molecule has 6 unspecified atom stereocenters. The summed E-state index contributed by atoms with van der Waals surface area (Å²) in [6, 6.07) is 0. The summed E-state index contributed by atoms with van der Waals surface area (Å²) in [6.45, 7) is 11.9. The Morgan fingerprint density at radius 3 is 2.62 bits per heavy atom. The van der Waals surface area contributed by atoms with E-state index >= 15 is 0 Å². The molecule has 0 aliphatic heterocycles. The van der Waals surface area contributed by atoms with E-state index in [4.69, 9.17) is 0 Å². The van der Waals surface area contributed by atoms with Gasteiger partial charge in [0.15, 0.2) is 0 Å². The lowest BCUT2D eigenvalue weighted by Gasteiger charge is -2.65. The van der Waals surface area contributed by atoms with Crippen molar-refractivity contribution in [3.8, 4) is 0 Å². The van der Waals surface area contributed by atoms with Crippen molar-refractivity contribution in [2.75, 3.05) is 0 Å². The molecule has 1 heteroatoms. The molecule has 0 saturated heterocycles. The molecule has 21 heavy (non-hydrogen) atoms. The minimum absolute atomic E-state index is 0.0833. The van der Waals surface area contributed by atoms with Gasteiger partial charge in [-0.25, -0.2) is 0 Å². The van der Waals surface area contributed by atoms with Crippen molar-refractivity contribution in [3.05, 3.63) is 12.2 Å². The molecule has 0 heterocycles. The van der Waals surface area contributed by atoms with Crippen LogP contribution in [0.4, 0.5) is 0 Å². The van der Waals surface area contributed by atoms with Crippen LogP contribution in [0.1, 0.15) is 72.1 Å². The number of aliphatic hydroxyl groups excluding tert-OH is 1. The van der Waals surface area contributed by atoms with Gasteiger partial charge in [0, 0.05) is 5.41 Å². The monoisotopic (exact) mass is 288 g/mol. The highest BCUT2D eigenvalue weighted by molar-refractivity contribution is 5.24. The lowest BCUT2D eigenvalue weighted by atomic mass is 9.40. The van der Waals surface area contributed by atoms with Crippen LogP contribution in [0.2, 0.25) is 0 Å². The van der Waals surface area contributed by atoms with E-state index in [2.05, 4.69) is 27.4 Å². The van der Waals surface area contributed by atoms with Gasteiger partial charge >= 0.3 is 0 Å². The van der Waals surface area contributed by atoms with Crippen LogP contribution >= 0.6 is 0 Å². The van der Waals surface area contributed by atoms with Crippen molar-refractivity contribution in [2.45, 2.75) is 78.2 Å². The summed E-state index contributed by atoms with van der Waals surface area (Å²) in [5.41, 5.74) is 2.51. The Labute approximate surface area is 130 Å². The first-order valence-corrected chi connectivity index (χ1v) is 9.15. The van der Waals surface area contributed by atoms with Crippen molar-refractivity contribution < 1.29 is 5.11 Å². The fraction of sp³-hybridized carbons (Fsp3) is 0.900. The number of rotatable bonds is 0. The van der Waals surface area contributed by atoms with E-state index in [-0.39, 0.29) is 11.5 Å². The molecular weight excluding hydrogens is 256 g/mol. The highest BCUT2D eigenvalue weighted by Crippen LogP contribution is 2.71. The molecule has 0 aromatic rings. The number of allylic oxidation sites excluding steroid dienone is 1. The molecule has 1 N–H and O–H groups in total. The van der Waals surface area contributed by atoms with Gasteiger partial charge in [-0.05, 0) is 73.5 Å². The summed E-state index contributed by atoms with van der Waals surface area (Å²) in [6.07, 6.45) is 10.1. The summed E-state index contributed by atoms with van der Waals surface area (Å²) in [5, 5.41) is 11.1. The van der Waals surface area contributed by atoms with Crippen molar-refractivity contribution in [1.82, 2.24) is 0 Å². The second kappa shape index (κ2) is 4.16. The van der Waals surface area contributed by atoms with E-state index in [0.29, 0.717) is 22.7 Å². The first-order valence-electron chi connectivity index (χ1n) is 9.15. The van der Waals surface area contributed by atoms with Crippen LogP contribution in [0.25, 0.3) is 0 Å². The summed E-state index contributed by atoms with van der Waals surface area (Å²) < 4.78 is 0. The molecule has 1 nitrogen and oxygen atoms in total. The quantitative estimate of drug-likeness (QED) is 0.626. The van der Waals surface area contributed by atoms with Gasteiger partial charge in [-0.3, -0.25) is 0 Å². The van der Waals surface area contributed by atoms with E-state index in [0.717, 1.165) is 18.8 Å². The zero-order valence-electron chi connectivity index (χ0n) is 14.1. The predicted molar refractivity (Wildman–Crippen MR) is 86.9 cm³/mol. The predicted octanol–water partition coefficient (Wildman–Crippen LogP) is 4.95. The largest absolute Gasteiger partial charge is 0.393 e. The van der Waals surface area contributed by atoms with Crippen LogP contribution < -0.4 is 0 Å². The normalized spacial score (nSPS) is 55.0. The van der Waals surface area contributed by atoms with Gasteiger partial charge < -0.3 is 5.11 Å². The minimum atomic E-state index is -0.0833. The zero-order valence-corrected chi connectivity index (χ0v) is 14.1. The number of fused-ring (bicyclic) bond motifs is 3. The fourth-order valence-electron chi connectivity index (χ4n) is 7.57. The van der Waals surface area contributed by atoms with Crippen LogP contribution in [-0.2, 0) is 0 Å². The lowest BCUT2D eigenvalue weighted by molar-refractivity contribution is -0.196. The molecule has 6 atom stereocenters. The van der Waals surface area contributed by atoms with E-state index in [1.807, 2.05) is 0 Å². The summed E-state index contributed by atoms with van der Waals surface area (Å²) in [7, 11) is 0. The molecule has 0 aromatic heterocycles. The van der Waals surface area contributed by atoms with Gasteiger partial charge in [0.25, 0.3) is 0 Å². The molecule has 2 bridgehead atoms. The van der Waals surface area contributed by atoms with Gasteiger partial charge in [-0.2, -0.15) is 0 Å². The van der Waals surface area contributed by atoms with Crippen molar-refractivity contribution in [2.24, 2.45) is 34.0 Å². The Balaban J connectivity index is 1.79. The van der Waals surface area contributed by atoms with Crippen molar-refractivity contribution in [3.63, 3.8) is 0 Å². The lowest BCUT2D eigenvalue weighted by Crippen LogP contribution is -2.61. The SMILES string of the molecule is C=C1CC23CC1CCC2C1(C)CCCC(C)(C)C1CC3O. The second-order valence-electron chi connectivity index (χ2n) is 9.75. The van der Waals surface area contributed by atoms with Gasteiger partial charge in [0.05, 0.1) is 6.10 Å². The third-order valence-electron chi connectivity index (χ3n) is 8.45. The summed E-state index contributed by atoms with van der Waals surface area (Å²) in [5.74, 6) is 2.15. The summed E-state index contributed by atoms with van der Waals surface area (Å²) in [4.78, 5) is 0. The Bertz CT molecular complexity index is 478. The van der Waals surface area contributed by atoms with Crippen LogP contribution in [0.3, 0.4) is 0 Å². The average Bonchev–Trinajstić information content (AvgIpc) is 2.65. The molecule has 1 spiro atoms. The third-order valence-corrected chi connectivity index (χ3v) is 8.45. The number of hydrogen-bond donors (Lipinski definition) is 1. The Morgan fingerprint density at radius 1 is 1.10 bits per heavy atom. The van der Waals surface area contributed by atoms with Crippen LogP contribution in [0.15, 0.2) is 12.2 Å². The standard InChI is InChI=1S/C20H32O/c1-13-11-20-12-14(13)6-7-15(20)19(4)9-5-8-18(2,3)16(19)10-17(20)21/h14-17,21H,1,5-12H2,2-4H3. The van der Waals surface area contributed by atoms with E-state index in [1.165, 1.54) is 44.1 Å². The zero-order chi connectivity index (χ0) is 15.0. The molecular formula is C20H32O. The highest BCUT2D eigenvalue weighted by Gasteiger charge is 2.66. The Kier molecular flexibility index (Phi) is 2.83. The third kappa shape index (κ3) is 1.68. The maximum Gasteiger partial charge on any atom is 0.0605 e. The Hall–Kier alpha value is -0.300. The molecule has 4 aliphatic rings. The van der Waals surface area contributed by atoms with Crippen molar-refractivity contribution >= 4 is 0 Å². The van der Waals surface area contributed by atoms with E-state index in [9.17, 15) is 5.11 Å². The minimum Gasteiger partial charge on any atom is -0.393 e. The molecule has 4 fully saturated rings. The molecule has 4 aliphatic carbocycles. The second-order valence-corrected chi connectivity index (χ2v) is 9.75. The van der Waals surface area contributed by atoms with Crippen LogP contribution in [-0.4, -0.2) is 11.2 Å². The molecule has 118 valence electrons. The average molecular weight is 288 g/mol. The molecule has 0 amide bonds. The molecule has 0 radical (unpaired) electrons. The fourth-order valence-corrected chi connectivity index (χ4v) is 7.57. The first kappa shape index (κ1) is 14.3. The van der Waals surface area contributed by atoms with Gasteiger partial charge in [0.2, 0.25) is 0 Å². The molecule has 4 saturated carbocycles. The molecule has 0 aromatic carbocycles. The highest BCUT2D eigenvalue weighted by atomic mass is 16.3. The topological polar surface area (TPSA) is 20.2 Å². The van der Waals surface area contributed by atoms with Crippen LogP contribution in [0.5, 0.6) is 0 Å². The van der Waals surface area contributed by atoms with E-state index in [1.54, 1.807) is 0 Å². The smallest absolute Gasteiger partial charge is 0.0605 e. The Morgan fingerprint density at radius 2 is 1.86 bits per heavy atom. The molecule has 4 rings (SSSR count). The summed E-state index contributed by atoms with van der Waals surface area (Å²) >= 11 is 0. The van der Waals surface area contributed by atoms with E-state index < -0.39 is 0 Å². The van der Waals surface area contributed by atoms with Gasteiger partial charge in [0.1, 0.15) is 0 Å². The van der Waals surface area contributed by atoms with Crippen molar-refractivity contribution in [1.29, 1.82) is 0 Å². The maximum atomic E-state index is 11.1.